The Balaban J connectivity index is 2.25. The minimum atomic E-state index is -3.36. The lowest BCUT2D eigenvalue weighted by molar-refractivity contribution is -0.153. The van der Waals surface area contributed by atoms with E-state index in [0.29, 0.717) is 6.42 Å². The highest BCUT2D eigenvalue weighted by Gasteiger charge is 2.30. The van der Waals surface area contributed by atoms with Crippen molar-refractivity contribution in [2.24, 2.45) is 5.41 Å². The molecule has 0 aromatic carbocycles. The molecule has 10 heteroatoms. The second-order valence-corrected chi connectivity index (χ2v) is 11.2. The summed E-state index contributed by atoms with van der Waals surface area (Å²) in [6.07, 6.45) is 0.715. The van der Waals surface area contributed by atoms with Crippen molar-refractivity contribution in [1.29, 1.82) is 0 Å². The van der Waals surface area contributed by atoms with Crippen LogP contribution in [0.4, 0.5) is 0 Å². The van der Waals surface area contributed by atoms with E-state index >= 15 is 0 Å². The van der Waals surface area contributed by atoms with E-state index in [0.717, 1.165) is 44.2 Å². The van der Waals surface area contributed by atoms with Gasteiger partial charge in [0.05, 0.1) is 18.6 Å². The number of hydrogen-bond donors (Lipinski definition) is 2. The van der Waals surface area contributed by atoms with Crippen molar-refractivity contribution < 1.29 is 23.7 Å². The van der Waals surface area contributed by atoms with Gasteiger partial charge in [0.25, 0.3) is 0 Å². The highest BCUT2D eigenvalue weighted by molar-refractivity contribution is 14.1. The summed E-state index contributed by atoms with van der Waals surface area (Å²) in [6, 6.07) is 0. The van der Waals surface area contributed by atoms with E-state index in [1.54, 1.807) is 22.9 Å². The van der Waals surface area contributed by atoms with E-state index in [9.17, 15) is 14.3 Å². The van der Waals surface area contributed by atoms with Crippen LogP contribution in [0.3, 0.4) is 0 Å². The fourth-order valence-corrected chi connectivity index (χ4v) is 4.70. The molecule has 1 fully saturated rings. The number of carbonyl (C=O) groups is 1. The maximum Gasteiger partial charge on any atom is 0.332 e. The average Bonchev–Trinajstić information content (AvgIpc) is 2.50. The fourth-order valence-electron chi connectivity index (χ4n) is 1.88. The molecule has 7 nitrogen and oxygen atoms in total. The third-order valence-electron chi connectivity index (χ3n) is 3.40. The predicted octanol–water partition coefficient (Wildman–Crippen LogP) is 2.05. The van der Waals surface area contributed by atoms with Crippen LogP contribution < -0.4 is 3.30 Å². The Morgan fingerprint density at radius 3 is 2.73 bits per heavy atom. The molecule has 0 radical (unpaired) electrons. The quantitative estimate of drug-likeness (QED) is 0.176. The molecule has 1 aliphatic heterocycles. The van der Waals surface area contributed by atoms with Crippen LogP contribution in [-0.4, -0.2) is 61.0 Å². The van der Waals surface area contributed by atoms with Gasteiger partial charge in [0.15, 0.2) is 0 Å². The standard InChI is InChI=1S/C12H24IN2O5PS/c1-12(2,3-4-15-5-7-19-8-6-15)11(16)20-9-10-22-21(17,18)14-13/h3-10H2,1-2H3,(H2,14,17,18). The van der Waals surface area contributed by atoms with Crippen molar-refractivity contribution in [3.63, 3.8) is 0 Å². The van der Waals surface area contributed by atoms with E-state index in [2.05, 4.69) is 8.20 Å². The molecule has 0 amide bonds. The molecule has 1 rings (SSSR count). The molecule has 1 unspecified atom stereocenters. The first-order valence-corrected chi connectivity index (χ1v) is 11.4. The van der Waals surface area contributed by atoms with Gasteiger partial charge in [-0.15, -0.1) is 0 Å². The first kappa shape index (κ1) is 20.7. The molecule has 1 heterocycles. The largest absolute Gasteiger partial charge is 0.464 e. The van der Waals surface area contributed by atoms with Gasteiger partial charge in [0, 0.05) is 41.7 Å². The number of carbonyl (C=O) groups excluding carboxylic acids is 1. The molecular formula is C12H24IN2O5PS. The monoisotopic (exact) mass is 466 g/mol. The van der Waals surface area contributed by atoms with E-state index in [1.807, 2.05) is 13.8 Å². The van der Waals surface area contributed by atoms with Gasteiger partial charge in [0.2, 0.25) is 0 Å². The lowest BCUT2D eigenvalue weighted by atomic mass is 9.89. The van der Waals surface area contributed by atoms with Crippen LogP contribution in [0.25, 0.3) is 0 Å². The van der Waals surface area contributed by atoms with Crippen molar-refractivity contribution in [3.05, 3.63) is 0 Å². The summed E-state index contributed by atoms with van der Waals surface area (Å²) in [5.74, 6) is 0.0197. The van der Waals surface area contributed by atoms with Gasteiger partial charge in [-0.05, 0) is 38.2 Å². The maximum absolute atomic E-state index is 12.1. The molecule has 2 N–H and O–H groups in total. The Labute approximate surface area is 149 Å². The summed E-state index contributed by atoms with van der Waals surface area (Å²) in [4.78, 5) is 23.7. The smallest absolute Gasteiger partial charge is 0.332 e. The summed E-state index contributed by atoms with van der Waals surface area (Å²) >= 11 is 2.50. The number of nitrogens with zero attached hydrogens (tertiary/aromatic N) is 1. The molecule has 22 heavy (non-hydrogen) atoms. The molecule has 0 aromatic rings. The van der Waals surface area contributed by atoms with Gasteiger partial charge in [0.1, 0.15) is 6.61 Å². The van der Waals surface area contributed by atoms with E-state index in [-0.39, 0.29) is 18.3 Å². The van der Waals surface area contributed by atoms with Gasteiger partial charge in [-0.2, -0.15) is 3.30 Å². The molecular weight excluding hydrogens is 442 g/mol. The zero-order valence-corrected chi connectivity index (χ0v) is 16.8. The molecule has 0 spiro atoms. The Morgan fingerprint density at radius 1 is 1.50 bits per heavy atom. The fraction of sp³-hybridized carbons (Fsp3) is 0.917. The Kier molecular flexibility index (Phi) is 9.21. The van der Waals surface area contributed by atoms with E-state index < -0.39 is 12.1 Å². The maximum atomic E-state index is 12.1. The zero-order valence-electron chi connectivity index (χ0n) is 12.9. The number of hydrogen-bond acceptors (Lipinski definition) is 6. The van der Waals surface area contributed by atoms with Crippen LogP contribution in [0.2, 0.25) is 0 Å². The van der Waals surface area contributed by atoms with Gasteiger partial charge in [-0.3, -0.25) is 14.3 Å². The van der Waals surface area contributed by atoms with Crippen molar-refractivity contribution in [2.75, 3.05) is 45.2 Å². The van der Waals surface area contributed by atoms with E-state index in [4.69, 9.17) is 9.47 Å². The topological polar surface area (TPSA) is 88.1 Å². The summed E-state index contributed by atoms with van der Waals surface area (Å²) in [6.45, 7) is 4.63. The number of halogens is 1. The average molecular weight is 466 g/mol. The van der Waals surface area contributed by atoms with Crippen LogP contribution in [0, 0.1) is 5.41 Å². The third-order valence-corrected chi connectivity index (χ3v) is 9.13. The summed E-state index contributed by atoms with van der Waals surface area (Å²) < 4.78 is 24.2. The normalized spacial score (nSPS) is 19.6. The zero-order chi connectivity index (χ0) is 16.6. The number of nitrogens with one attached hydrogen (secondary N) is 1. The Morgan fingerprint density at radius 2 is 2.14 bits per heavy atom. The van der Waals surface area contributed by atoms with Crippen LogP contribution in [-0.2, 0) is 18.8 Å². The Bertz CT molecular complexity index is 407. The van der Waals surface area contributed by atoms with Crippen LogP contribution in [0.1, 0.15) is 20.3 Å². The molecule has 1 saturated heterocycles. The lowest BCUT2D eigenvalue weighted by Gasteiger charge is -2.30. The number of morpholine rings is 1. The molecule has 130 valence electrons. The summed E-state index contributed by atoms with van der Waals surface area (Å²) in [5.41, 5.74) is -0.562. The number of esters is 1. The van der Waals surface area contributed by atoms with Crippen molar-refractivity contribution in [1.82, 2.24) is 8.20 Å². The molecule has 0 bridgehead atoms. The summed E-state index contributed by atoms with van der Waals surface area (Å²) in [5, 5.41) is 0. The van der Waals surface area contributed by atoms with Crippen LogP contribution >= 0.6 is 41.0 Å². The molecule has 0 aromatic heterocycles. The summed E-state index contributed by atoms with van der Waals surface area (Å²) in [7, 11) is 0. The first-order chi connectivity index (χ1) is 10.3. The number of rotatable bonds is 9. The second kappa shape index (κ2) is 9.80. The molecule has 1 aliphatic rings. The van der Waals surface area contributed by atoms with Gasteiger partial charge in [-0.25, -0.2) is 0 Å². The molecule has 1 atom stereocenters. The van der Waals surface area contributed by atoms with Gasteiger partial charge >= 0.3 is 12.7 Å². The second-order valence-electron chi connectivity index (χ2n) is 5.66. The van der Waals surface area contributed by atoms with Crippen molar-refractivity contribution in [2.45, 2.75) is 20.3 Å². The molecule has 0 saturated carbocycles. The van der Waals surface area contributed by atoms with Gasteiger partial charge < -0.3 is 14.4 Å². The highest BCUT2D eigenvalue weighted by Crippen LogP contribution is 2.51. The van der Waals surface area contributed by atoms with Gasteiger partial charge in [-0.1, -0.05) is 0 Å². The van der Waals surface area contributed by atoms with E-state index in [1.165, 1.54) is 0 Å². The minimum Gasteiger partial charge on any atom is -0.464 e. The Hall–Kier alpha value is 0.620. The number of ether oxygens (including phenoxy) is 2. The van der Waals surface area contributed by atoms with Crippen LogP contribution in [0.5, 0.6) is 0 Å². The van der Waals surface area contributed by atoms with Crippen molar-refractivity contribution in [3.8, 4) is 0 Å². The molecule has 0 aliphatic carbocycles. The van der Waals surface area contributed by atoms with Crippen molar-refractivity contribution >= 4 is 46.9 Å². The lowest BCUT2D eigenvalue weighted by Crippen LogP contribution is -2.39. The SMILES string of the molecule is CC(C)(CCN1CCOCC1)C(=O)OCCSP(=O)(O)NI. The first-order valence-electron chi connectivity index (χ1n) is 7.09. The van der Waals surface area contributed by atoms with Crippen LogP contribution in [0.15, 0.2) is 0 Å². The minimum absolute atomic E-state index is 0.132. The predicted molar refractivity (Wildman–Crippen MR) is 96.1 cm³/mol. The highest BCUT2D eigenvalue weighted by atomic mass is 127. The third kappa shape index (κ3) is 7.94.